The van der Waals surface area contributed by atoms with Crippen LogP contribution in [0.3, 0.4) is 0 Å². The summed E-state index contributed by atoms with van der Waals surface area (Å²) >= 11 is 0. The molecule has 1 fully saturated rings. The van der Waals surface area contributed by atoms with Crippen LogP contribution in [0.15, 0.2) is 78.9 Å². The summed E-state index contributed by atoms with van der Waals surface area (Å²) in [6.45, 7) is 2.47. The highest BCUT2D eigenvalue weighted by Crippen LogP contribution is 2.25. The molecule has 0 saturated carbocycles. The van der Waals surface area contributed by atoms with E-state index in [2.05, 4.69) is 16.0 Å². The number of aromatic nitrogens is 2. The molecule has 6 nitrogen and oxygen atoms in total. The van der Waals surface area contributed by atoms with Crippen LogP contribution in [-0.2, 0) is 13.2 Å². The third-order valence-corrected chi connectivity index (χ3v) is 6.30. The molecule has 0 aliphatic carbocycles. The topological polar surface area (TPSA) is 59.4 Å². The molecule has 1 aliphatic rings. The monoisotopic (exact) mass is 458 g/mol. The molecule has 1 aliphatic heterocycles. The van der Waals surface area contributed by atoms with Gasteiger partial charge in [0.15, 0.2) is 0 Å². The molecule has 0 atom stereocenters. The van der Waals surface area contributed by atoms with E-state index in [9.17, 15) is 9.18 Å². The molecule has 2 amide bonds. The Morgan fingerprint density at radius 2 is 1.68 bits per heavy atom. The molecule has 1 saturated heterocycles. The van der Waals surface area contributed by atoms with Crippen molar-refractivity contribution in [1.82, 2.24) is 14.5 Å². The minimum Gasteiger partial charge on any atom is -0.486 e. The minimum atomic E-state index is -0.428. The Morgan fingerprint density at radius 1 is 0.971 bits per heavy atom. The highest BCUT2D eigenvalue weighted by atomic mass is 19.1. The zero-order valence-electron chi connectivity index (χ0n) is 18.9. The third-order valence-electron chi connectivity index (χ3n) is 6.30. The zero-order valence-corrected chi connectivity index (χ0v) is 18.9. The van der Waals surface area contributed by atoms with E-state index in [1.807, 2.05) is 48.5 Å². The van der Waals surface area contributed by atoms with Crippen LogP contribution in [0, 0.1) is 11.7 Å². The largest absolute Gasteiger partial charge is 0.486 e. The van der Waals surface area contributed by atoms with Crippen molar-refractivity contribution in [3.8, 4) is 5.75 Å². The molecule has 0 spiro atoms. The van der Waals surface area contributed by atoms with Crippen molar-refractivity contribution in [3.05, 3.63) is 90.5 Å². The molecule has 4 aromatic rings. The van der Waals surface area contributed by atoms with E-state index in [0.29, 0.717) is 25.6 Å². The number of nitrogens with zero attached hydrogens (tertiary/aromatic N) is 3. The molecular weight excluding hydrogens is 431 g/mol. The number of fused-ring (bicyclic) bond motifs is 1. The first-order valence-corrected chi connectivity index (χ1v) is 11.6. The number of amides is 2. The fourth-order valence-corrected chi connectivity index (χ4v) is 4.44. The van der Waals surface area contributed by atoms with Gasteiger partial charge < -0.3 is 19.5 Å². The van der Waals surface area contributed by atoms with Gasteiger partial charge in [-0.25, -0.2) is 14.2 Å². The summed E-state index contributed by atoms with van der Waals surface area (Å²) in [5.74, 6) is 1.69. The normalized spacial score (nSPS) is 14.3. The van der Waals surface area contributed by atoms with Gasteiger partial charge in [-0.05, 0) is 55.2 Å². The predicted molar refractivity (Wildman–Crippen MR) is 130 cm³/mol. The van der Waals surface area contributed by atoms with Gasteiger partial charge in [-0.1, -0.05) is 42.5 Å². The van der Waals surface area contributed by atoms with Gasteiger partial charge in [-0.3, -0.25) is 0 Å². The van der Waals surface area contributed by atoms with Crippen LogP contribution < -0.4 is 10.1 Å². The number of nitrogens with one attached hydrogen (secondary N) is 1. The number of piperidine rings is 1. The van der Waals surface area contributed by atoms with Crippen molar-refractivity contribution in [2.24, 2.45) is 5.92 Å². The lowest BCUT2D eigenvalue weighted by Crippen LogP contribution is -2.41. The maximum absolute atomic E-state index is 13.9. The number of carbonyl (C=O) groups is 1. The number of urea groups is 1. The predicted octanol–water partition coefficient (Wildman–Crippen LogP) is 5.70. The Bertz CT molecular complexity index is 1270. The van der Waals surface area contributed by atoms with Crippen LogP contribution in [0.25, 0.3) is 11.0 Å². The molecule has 1 aromatic heterocycles. The highest BCUT2D eigenvalue weighted by molar-refractivity contribution is 5.89. The molecule has 0 bridgehead atoms. The van der Waals surface area contributed by atoms with Crippen LogP contribution in [-0.4, -0.2) is 33.6 Å². The first-order chi connectivity index (χ1) is 16.7. The number of benzene rings is 3. The molecule has 2 heterocycles. The van der Waals surface area contributed by atoms with E-state index in [1.165, 1.54) is 6.07 Å². The molecule has 0 unspecified atom stereocenters. The number of hydrogen-bond acceptors (Lipinski definition) is 3. The van der Waals surface area contributed by atoms with Gasteiger partial charge in [0.1, 0.15) is 24.0 Å². The summed E-state index contributed by atoms with van der Waals surface area (Å²) in [5.41, 5.74) is 2.26. The lowest BCUT2D eigenvalue weighted by molar-refractivity contribution is 0.176. The number of rotatable bonds is 6. The molecule has 1 N–H and O–H groups in total. The Kier molecular flexibility index (Phi) is 6.42. The van der Waals surface area contributed by atoms with Crippen molar-refractivity contribution in [1.29, 1.82) is 0 Å². The van der Waals surface area contributed by atoms with E-state index in [1.54, 1.807) is 23.1 Å². The van der Waals surface area contributed by atoms with Crippen molar-refractivity contribution in [2.75, 3.05) is 18.4 Å². The van der Waals surface area contributed by atoms with E-state index in [-0.39, 0.29) is 11.7 Å². The summed E-state index contributed by atoms with van der Waals surface area (Å²) in [4.78, 5) is 19.2. The standard InChI is InChI=1S/C27H27FN4O2/c28-22-10-4-5-11-23(22)30-27(33)31-16-14-20(15-17-31)18-32-25-13-7-6-12-24(25)29-26(32)19-34-21-8-2-1-3-9-21/h1-13,20H,14-19H2,(H,30,33). The summed E-state index contributed by atoms with van der Waals surface area (Å²) in [6, 6.07) is 23.9. The second-order valence-electron chi connectivity index (χ2n) is 8.57. The first kappa shape index (κ1) is 21.9. The van der Waals surface area contributed by atoms with Crippen molar-refractivity contribution in [3.63, 3.8) is 0 Å². The molecule has 5 rings (SSSR count). The maximum atomic E-state index is 13.9. The van der Waals surface area contributed by atoms with Crippen LogP contribution in [0.1, 0.15) is 18.7 Å². The Labute approximate surface area is 198 Å². The number of hydrogen-bond donors (Lipinski definition) is 1. The molecular formula is C27H27FN4O2. The minimum absolute atomic E-state index is 0.211. The van der Waals surface area contributed by atoms with E-state index >= 15 is 0 Å². The Morgan fingerprint density at radius 3 is 2.47 bits per heavy atom. The van der Waals surface area contributed by atoms with Gasteiger partial charge in [0.25, 0.3) is 0 Å². The number of carbonyl (C=O) groups excluding carboxylic acids is 1. The van der Waals surface area contributed by atoms with E-state index < -0.39 is 5.82 Å². The molecule has 0 radical (unpaired) electrons. The molecule has 7 heteroatoms. The average Bonchev–Trinajstić information content (AvgIpc) is 3.22. The number of para-hydroxylation sites is 4. The second kappa shape index (κ2) is 9.95. The van der Waals surface area contributed by atoms with Gasteiger partial charge in [-0.2, -0.15) is 0 Å². The number of anilines is 1. The van der Waals surface area contributed by atoms with E-state index in [0.717, 1.165) is 42.0 Å². The molecule has 174 valence electrons. The fraction of sp³-hybridized carbons (Fsp3) is 0.259. The van der Waals surface area contributed by atoms with Gasteiger partial charge >= 0.3 is 6.03 Å². The van der Waals surface area contributed by atoms with Crippen LogP contribution in [0.5, 0.6) is 5.75 Å². The third kappa shape index (κ3) is 4.88. The number of imidazole rings is 1. The van der Waals surface area contributed by atoms with Gasteiger partial charge in [0, 0.05) is 19.6 Å². The SMILES string of the molecule is O=C(Nc1ccccc1F)N1CCC(Cn2c(COc3ccccc3)nc3ccccc32)CC1. The van der Waals surface area contributed by atoms with Gasteiger partial charge in [0.2, 0.25) is 0 Å². The smallest absolute Gasteiger partial charge is 0.321 e. The Balaban J connectivity index is 1.24. The lowest BCUT2D eigenvalue weighted by atomic mass is 9.96. The number of ether oxygens (including phenoxy) is 1. The van der Waals surface area contributed by atoms with Crippen LogP contribution in [0.2, 0.25) is 0 Å². The van der Waals surface area contributed by atoms with Crippen LogP contribution in [0.4, 0.5) is 14.9 Å². The Hall–Kier alpha value is -3.87. The highest BCUT2D eigenvalue weighted by Gasteiger charge is 2.25. The lowest BCUT2D eigenvalue weighted by Gasteiger charge is -2.32. The summed E-state index contributed by atoms with van der Waals surface area (Å²) in [7, 11) is 0. The van der Waals surface area contributed by atoms with Crippen molar-refractivity contribution >= 4 is 22.8 Å². The fourth-order valence-electron chi connectivity index (χ4n) is 4.44. The zero-order chi connectivity index (χ0) is 23.3. The first-order valence-electron chi connectivity index (χ1n) is 11.6. The number of likely N-dealkylation sites (tertiary alicyclic amines) is 1. The van der Waals surface area contributed by atoms with Crippen molar-refractivity contribution in [2.45, 2.75) is 26.0 Å². The van der Waals surface area contributed by atoms with Gasteiger partial charge in [0.05, 0.1) is 16.7 Å². The van der Waals surface area contributed by atoms with Gasteiger partial charge in [-0.15, -0.1) is 0 Å². The van der Waals surface area contributed by atoms with E-state index in [4.69, 9.17) is 9.72 Å². The number of halogens is 1. The van der Waals surface area contributed by atoms with Crippen LogP contribution >= 0.6 is 0 Å². The molecule has 3 aromatic carbocycles. The average molecular weight is 459 g/mol. The second-order valence-corrected chi connectivity index (χ2v) is 8.57. The summed E-state index contributed by atoms with van der Waals surface area (Å²) in [5, 5.41) is 2.69. The quantitative estimate of drug-likeness (QED) is 0.403. The maximum Gasteiger partial charge on any atom is 0.321 e. The summed E-state index contributed by atoms with van der Waals surface area (Å²) < 4.78 is 22.1. The summed E-state index contributed by atoms with van der Waals surface area (Å²) in [6.07, 6.45) is 1.74. The molecule has 34 heavy (non-hydrogen) atoms. The van der Waals surface area contributed by atoms with Crippen molar-refractivity contribution < 1.29 is 13.9 Å².